The number of aromatic nitrogens is 3. The molecule has 2 aliphatic carbocycles. The Labute approximate surface area is 227 Å². The second-order valence-corrected chi connectivity index (χ2v) is 11.9. The molecule has 1 N–H and O–H groups in total. The molecule has 1 heterocycles. The van der Waals surface area contributed by atoms with E-state index in [0.29, 0.717) is 24.3 Å². The fraction of sp³-hybridized carbons (Fsp3) is 0.667. The molecule has 1 aromatic carbocycles. The predicted molar refractivity (Wildman–Crippen MR) is 149 cm³/mol. The average molecular weight is 524 g/mol. The van der Waals surface area contributed by atoms with Crippen molar-refractivity contribution in [2.24, 2.45) is 11.8 Å². The molecule has 8 heteroatoms. The molecule has 2 aromatic rings. The van der Waals surface area contributed by atoms with Crippen molar-refractivity contribution < 1.29 is 14.3 Å². The van der Waals surface area contributed by atoms with E-state index in [9.17, 15) is 9.59 Å². The Morgan fingerprint density at radius 3 is 2.55 bits per heavy atom. The van der Waals surface area contributed by atoms with Gasteiger partial charge in [0, 0.05) is 44.1 Å². The zero-order chi connectivity index (χ0) is 27.4. The summed E-state index contributed by atoms with van der Waals surface area (Å²) in [4.78, 5) is 26.8. The lowest BCUT2D eigenvalue weighted by Crippen LogP contribution is -2.27. The third-order valence-electron chi connectivity index (χ3n) is 7.84. The number of ether oxygens (including phenoxy) is 1. The van der Waals surface area contributed by atoms with Crippen molar-refractivity contribution in [3.63, 3.8) is 0 Å². The van der Waals surface area contributed by atoms with E-state index >= 15 is 0 Å². The summed E-state index contributed by atoms with van der Waals surface area (Å²) in [6, 6.07) is 6.54. The molecule has 2 aliphatic rings. The minimum Gasteiger partial charge on any atom is -0.449 e. The van der Waals surface area contributed by atoms with Gasteiger partial charge in [-0.15, -0.1) is 10.2 Å². The maximum atomic E-state index is 13.3. The Kier molecular flexibility index (Phi) is 9.11. The van der Waals surface area contributed by atoms with Crippen LogP contribution >= 0.6 is 0 Å². The number of anilines is 1. The number of amides is 2. The molecule has 38 heavy (non-hydrogen) atoms. The van der Waals surface area contributed by atoms with Gasteiger partial charge in [-0.3, -0.25) is 4.79 Å². The van der Waals surface area contributed by atoms with Gasteiger partial charge in [0.2, 0.25) is 5.91 Å². The Hall–Kier alpha value is -2.90. The molecule has 2 fully saturated rings. The molecule has 1 aromatic heterocycles. The topological polar surface area (TPSA) is 89.3 Å². The molecule has 0 radical (unpaired) electrons. The number of benzene rings is 1. The van der Waals surface area contributed by atoms with Crippen LogP contribution in [0.4, 0.5) is 10.5 Å². The van der Waals surface area contributed by atoms with Crippen LogP contribution in [0.25, 0.3) is 0 Å². The number of hydrogen-bond acceptors (Lipinski definition) is 5. The fourth-order valence-electron chi connectivity index (χ4n) is 5.69. The summed E-state index contributed by atoms with van der Waals surface area (Å²) in [5.74, 6) is 3.64. The summed E-state index contributed by atoms with van der Waals surface area (Å²) in [7, 11) is 3.34. The van der Waals surface area contributed by atoms with Crippen LogP contribution in [0.3, 0.4) is 0 Å². The van der Waals surface area contributed by atoms with Gasteiger partial charge in [0.25, 0.3) is 0 Å². The van der Waals surface area contributed by atoms with E-state index in [1.807, 2.05) is 12.1 Å². The molecule has 1 unspecified atom stereocenters. The van der Waals surface area contributed by atoms with Crippen molar-refractivity contribution in [2.75, 3.05) is 26.0 Å². The van der Waals surface area contributed by atoms with Crippen molar-refractivity contribution in [3.8, 4) is 0 Å². The molecule has 1 atom stereocenters. The van der Waals surface area contributed by atoms with Crippen LogP contribution in [0.15, 0.2) is 18.2 Å². The third kappa shape index (κ3) is 6.94. The highest BCUT2D eigenvalue weighted by molar-refractivity contribution is 5.92. The van der Waals surface area contributed by atoms with E-state index < -0.39 is 0 Å². The number of carbonyl (C=O) groups excluding carboxylic acids is 2. The van der Waals surface area contributed by atoms with Gasteiger partial charge in [0.1, 0.15) is 11.6 Å². The standard InChI is InChI=1S/C30H45N5O3/c1-7-22-15-20(4)8-11-26(22)31-27(36)18-23(12-13-38-30(37)34(5)6)28-32-33-29(35(28)25-9-10-25)24-16-21(17-24)14-19(2)3/h8,11,15,19,21,23-25H,7,9-10,12-14,16-18H2,1-6H3,(H,31,36). The monoisotopic (exact) mass is 523 g/mol. The van der Waals surface area contributed by atoms with Crippen LogP contribution in [-0.4, -0.2) is 52.4 Å². The Bertz CT molecular complexity index is 1120. The molecular weight excluding hydrogens is 478 g/mol. The van der Waals surface area contributed by atoms with Crippen molar-refractivity contribution >= 4 is 17.7 Å². The molecule has 208 valence electrons. The van der Waals surface area contributed by atoms with Crippen molar-refractivity contribution in [3.05, 3.63) is 41.0 Å². The molecule has 0 saturated heterocycles. The lowest BCUT2D eigenvalue weighted by molar-refractivity contribution is -0.116. The zero-order valence-electron chi connectivity index (χ0n) is 24.0. The van der Waals surface area contributed by atoms with E-state index in [-0.39, 0.29) is 30.9 Å². The number of carbonyl (C=O) groups is 2. The summed E-state index contributed by atoms with van der Waals surface area (Å²) < 4.78 is 7.79. The largest absolute Gasteiger partial charge is 0.449 e. The van der Waals surface area contributed by atoms with Gasteiger partial charge in [0.15, 0.2) is 0 Å². The highest BCUT2D eigenvalue weighted by atomic mass is 16.6. The van der Waals surface area contributed by atoms with Crippen LogP contribution in [0.1, 0.15) is 106 Å². The maximum absolute atomic E-state index is 13.3. The van der Waals surface area contributed by atoms with E-state index in [0.717, 1.165) is 48.1 Å². The second-order valence-electron chi connectivity index (χ2n) is 11.9. The number of hydrogen-bond donors (Lipinski definition) is 1. The van der Waals surface area contributed by atoms with Gasteiger partial charge in [0.05, 0.1) is 6.61 Å². The Balaban J connectivity index is 1.52. The van der Waals surface area contributed by atoms with Gasteiger partial charge in [-0.25, -0.2) is 4.79 Å². The molecular formula is C30H45N5O3. The van der Waals surface area contributed by atoms with E-state index in [4.69, 9.17) is 9.84 Å². The van der Waals surface area contributed by atoms with Gasteiger partial charge < -0.3 is 19.5 Å². The molecule has 4 rings (SSSR count). The third-order valence-corrected chi connectivity index (χ3v) is 7.84. The second kappa shape index (κ2) is 12.3. The minimum absolute atomic E-state index is 0.0555. The van der Waals surface area contributed by atoms with Crippen LogP contribution in [0.2, 0.25) is 0 Å². The highest BCUT2D eigenvalue weighted by Crippen LogP contribution is 2.48. The number of nitrogens with zero attached hydrogens (tertiary/aromatic N) is 4. The maximum Gasteiger partial charge on any atom is 0.409 e. The lowest BCUT2D eigenvalue weighted by Gasteiger charge is -2.36. The SMILES string of the molecule is CCc1cc(C)ccc1NC(=O)CC(CCOC(=O)N(C)C)c1nnc(C2CC(CC(C)C)C2)n1C1CC1. The van der Waals surface area contributed by atoms with Gasteiger partial charge in [-0.1, -0.05) is 38.5 Å². The predicted octanol–water partition coefficient (Wildman–Crippen LogP) is 6.22. The van der Waals surface area contributed by atoms with Crippen molar-refractivity contribution in [1.29, 1.82) is 0 Å². The Morgan fingerprint density at radius 1 is 1.18 bits per heavy atom. The first-order valence-electron chi connectivity index (χ1n) is 14.3. The first-order valence-corrected chi connectivity index (χ1v) is 14.3. The van der Waals surface area contributed by atoms with Crippen LogP contribution in [-0.2, 0) is 16.0 Å². The average Bonchev–Trinajstić information content (AvgIpc) is 3.59. The van der Waals surface area contributed by atoms with E-state index in [2.05, 4.69) is 48.7 Å². The zero-order valence-corrected chi connectivity index (χ0v) is 24.0. The summed E-state index contributed by atoms with van der Waals surface area (Å²) >= 11 is 0. The molecule has 2 saturated carbocycles. The van der Waals surface area contributed by atoms with Crippen LogP contribution in [0, 0.1) is 18.8 Å². The normalized spacial score (nSPS) is 19.7. The van der Waals surface area contributed by atoms with Crippen molar-refractivity contribution in [2.45, 2.75) is 96.9 Å². The van der Waals surface area contributed by atoms with Crippen molar-refractivity contribution in [1.82, 2.24) is 19.7 Å². The molecule has 0 bridgehead atoms. The van der Waals surface area contributed by atoms with E-state index in [1.165, 1.54) is 29.7 Å². The smallest absolute Gasteiger partial charge is 0.409 e. The number of aryl methyl sites for hydroxylation is 2. The van der Waals surface area contributed by atoms with Gasteiger partial charge in [-0.05, 0) is 75.3 Å². The molecule has 8 nitrogen and oxygen atoms in total. The minimum atomic E-state index is -0.379. The number of nitrogens with one attached hydrogen (secondary N) is 1. The first-order chi connectivity index (χ1) is 18.2. The molecule has 0 spiro atoms. The van der Waals surface area contributed by atoms with Crippen LogP contribution < -0.4 is 5.32 Å². The fourth-order valence-corrected chi connectivity index (χ4v) is 5.69. The van der Waals surface area contributed by atoms with E-state index in [1.54, 1.807) is 14.1 Å². The number of rotatable bonds is 12. The van der Waals surface area contributed by atoms with Gasteiger partial charge >= 0.3 is 6.09 Å². The highest BCUT2D eigenvalue weighted by Gasteiger charge is 2.39. The Morgan fingerprint density at radius 2 is 1.92 bits per heavy atom. The van der Waals surface area contributed by atoms with Crippen LogP contribution in [0.5, 0.6) is 0 Å². The summed E-state index contributed by atoms with van der Waals surface area (Å²) in [5.41, 5.74) is 3.16. The molecule has 0 aliphatic heterocycles. The lowest BCUT2D eigenvalue weighted by atomic mass is 9.71. The van der Waals surface area contributed by atoms with Gasteiger partial charge in [-0.2, -0.15) is 0 Å². The summed E-state index contributed by atoms with van der Waals surface area (Å²) in [6.07, 6.45) is 7.10. The molecule has 2 amide bonds. The first kappa shape index (κ1) is 28.1. The summed E-state index contributed by atoms with van der Waals surface area (Å²) in [5, 5.41) is 12.5. The summed E-state index contributed by atoms with van der Waals surface area (Å²) in [6.45, 7) is 8.96. The quantitative estimate of drug-likeness (QED) is 0.356.